The number of nitrogens with zero attached hydrogens (tertiary/aromatic N) is 2. The number of Topliss-reactive ketones (excluding diaryl/α,β-unsaturated/α-hetero) is 1. The monoisotopic (exact) mass is 244 g/mol. The second kappa shape index (κ2) is 5.53. The minimum atomic E-state index is -0.667. The predicted molar refractivity (Wildman–Crippen MR) is 54.6 cm³/mol. The first kappa shape index (κ1) is 12.5. The molecule has 0 aromatic carbocycles. The van der Waals surface area contributed by atoms with Gasteiger partial charge in [0.15, 0.2) is 10.8 Å². The third-order valence-electron chi connectivity index (χ3n) is 1.66. The van der Waals surface area contributed by atoms with Crippen LogP contribution in [0.15, 0.2) is 6.20 Å². The lowest BCUT2D eigenvalue weighted by Crippen LogP contribution is -2.13. The van der Waals surface area contributed by atoms with E-state index in [9.17, 15) is 9.59 Å². The molecule has 0 aliphatic heterocycles. The second-order valence-electron chi connectivity index (χ2n) is 2.74. The van der Waals surface area contributed by atoms with Crippen molar-refractivity contribution in [3.63, 3.8) is 0 Å². The minimum absolute atomic E-state index is 0.0313. The Morgan fingerprint density at radius 2 is 2.12 bits per heavy atom. The highest BCUT2D eigenvalue weighted by molar-refractivity contribution is 6.32. The van der Waals surface area contributed by atoms with Gasteiger partial charge in [-0.25, -0.2) is 14.8 Å². The van der Waals surface area contributed by atoms with Gasteiger partial charge >= 0.3 is 5.97 Å². The average molecular weight is 245 g/mol. The van der Waals surface area contributed by atoms with E-state index in [1.807, 2.05) is 0 Å². The van der Waals surface area contributed by atoms with E-state index in [1.165, 1.54) is 14.2 Å². The molecule has 1 rings (SSSR count). The molecular formula is C9H9ClN2O4. The molecule has 0 N–H and O–H groups in total. The number of ketones is 1. The van der Waals surface area contributed by atoms with Gasteiger partial charge in [0.05, 0.1) is 13.3 Å². The lowest BCUT2D eigenvalue weighted by molar-refractivity contribution is 0.0592. The Morgan fingerprint density at radius 1 is 1.44 bits per heavy atom. The van der Waals surface area contributed by atoms with Crippen LogP contribution >= 0.6 is 11.6 Å². The van der Waals surface area contributed by atoms with Gasteiger partial charge in [0.25, 0.3) is 0 Å². The molecule has 0 unspecified atom stereocenters. The predicted octanol–water partition coefficient (Wildman–Crippen LogP) is 0.746. The van der Waals surface area contributed by atoms with Gasteiger partial charge in [-0.1, -0.05) is 11.6 Å². The maximum Gasteiger partial charge on any atom is 0.358 e. The van der Waals surface area contributed by atoms with Crippen LogP contribution in [0.2, 0.25) is 5.15 Å². The summed E-state index contributed by atoms with van der Waals surface area (Å²) in [6.07, 6.45) is 1.13. The van der Waals surface area contributed by atoms with Crippen LogP contribution in [-0.4, -0.2) is 42.5 Å². The quantitative estimate of drug-likeness (QED) is 0.574. The highest BCUT2D eigenvalue weighted by atomic mass is 35.5. The number of methoxy groups -OCH3 is 2. The van der Waals surface area contributed by atoms with Crippen molar-refractivity contribution in [1.82, 2.24) is 9.97 Å². The Balaban J connectivity index is 3.00. The summed E-state index contributed by atoms with van der Waals surface area (Å²) in [5.41, 5.74) is -0.0855. The lowest BCUT2D eigenvalue weighted by atomic mass is 10.3. The summed E-state index contributed by atoms with van der Waals surface area (Å²) in [6, 6.07) is 0. The first-order valence-corrected chi connectivity index (χ1v) is 4.61. The summed E-state index contributed by atoms with van der Waals surface area (Å²) in [6.45, 7) is -0.147. The first-order chi connectivity index (χ1) is 7.60. The second-order valence-corrected chi connectivity index (χ2v) is 3.10. The molecule has 0 aliphatic carbocycles. The molecule has 0 radical (unpaired) electrons. The maximum absolute atomic E-state index is 11.4. The van der Waals surface area contributed by atoms with Crippen LogP contribution < -0.4 is 0 Å². The fourth-order valence-corrected chi connectivity index (χ4v) is 1.20. The van der Waals surface area contributed by atoms with Crippen LogP contribution in [0.3, 0.4) is 0 Å². The molecule has 1 aromatic heterocycles. The van der Waals surface area contributed by atoms with E-state index in [4.69, 9.17) is 11.6 Å². The van der Waals surface area contributed by atoms with Crippen LogP contribution in [0, 0.1) is 0 Å². The molecule has 6 nitrogen and oxygen atoms in total. The highest BCUT2D eigenvalue weighted by Gasteiger charge is 2.16. The normalized spacial score (nSPS) is 9.94. The molecule has 1 aromatic rings. The van der Waals surface area contributed by atoms with Gasteiger partial charge in [0, 0.05) is 7.11 Å². The van der Waals surface area contributed by atoms with Crippen LogP contribution in [0.25, 0.3) is 0 Å². The molecule has 0 fully saturated rings. The van der Waals surface area contributed by atoms with Crippen molar-refractivity contribution in [3.05, 3.63) is 22.7 Å². The Morgan fingerprint density at radius 3 is 2.62 bits per heavy atom. The Bertz CT molecular complexity index is 422. The molecule has 0 saturated carbocycles. The lowest BCUT2D eigenvalue weighted by Gasteiger charge is -2.02. The largest absolute Gasteiger partial charge is 0.464 e. The fourth-order valence-electron chi connectivity index (χ4n) is 0.956. The van der Waals surface area contributed by atoms with E-state index in [-0.39, 0.29) is 23.1 Å². The van der Waals surface area contributed by atoms with Crippen molar-refractivity contribution in [2.45, 2.75) is 0 Å². The summed E-state index contributed by atoms with van der Waals surface area (Å²) in [7, 11) is 2.59. The van der Waals surface area contributed by atoms with Crippen molar-refractivity contribution in [2.24, 2.45) is 0 Å². The number of hydrogen-bond donors (Lipinski definition) is 0. The topological polar surface area (TPSA) is 78.4 Å². The number of halogens is 1. The zero-order valence-electron chi connectivity index (χ0n) is 8.69. The molecule has 1 heterocycles. The molecule has 16 heavy (non-hydrogen) atoms. The zero-order valence-corrected chi connectivity index (χ0v) is 9.45. The van der Waals surface area contributed by atoms with E-state index in [1.54, 1.807) is 0 Å². The molecule has 0 atom stereocenters. The van der Waals surface area contributed by atoms with Crippen molar-refractivity contribution in [2.75, 3.05) is 20.8 Å². The average Bonchev–Trinajstić information content (AvgIpc) is 2.28. The van der Waals surface area contributed by atoms with Gasteiger partial charge in [-0.05, 0) is 0 Å². The highest BCUT2D eigenvalue weighted by Crippen LogP contribution is 2.12. The van der Waals surface area contributed by atoms with Gasteiger partial charge < -0.3 is 9.47 Å². The number of ether oxygens (including phenoxy) is 2. The Labute approximate surface area is 96.5 Å². The SMILES string of the molecule is COCC(=O)c1ncc(C(=O)OC)nc1Cl. The summed E-state index contributed by atoms with van der Waals surface area (Å²) in [4.78, 5) is 29.9. The van der Waals surface area contributed by atoms with Gasteiger partial charge in [-0.15, -0.1) is 0 Å². The van der Waals surface area contributed by atoms with E-state index in [0.717, 1.165) is 6.20 Å². The van der Waals surface area contributed by atoms with Crippen LogP contribution in [0.5, 0.6) is 0 Å². The maximum atomic E-state index is 11.4. The van der Waals surface area contributed by atoms with Crippen molar-refractivity contribution in [3.8, 4) is 0 Å². The number of aromatic nitrogens is 2. The van der Waals surface area contributed by atoms with Crippen molar-refractivity contribution >= 4 is 23.4 Å². The third kappa shape index (κ3) is 2.74. The van der Waals surface area contributed by atoms with E-state index < -0.39 is 11.8 Å². The molecule has 0 amide bonds. The number of rotatable bonds is 4. The first-order valence-electron chi connectivity index (χ1n) is 4.23. The number of esters is 1. The number of hydrogen-bond acceptors (Lipinski definition) is 6. The summed E-state index contributed by atoms with van der Waals surface area (Å²) >= 11 is 5.70. The summed E-state index contributed by atoms with van der Waals surface area (Å²) in [5.74, 6) is -1.07. The third-order valence-corrected chi connectivity index (χ3v) is 1.93. The Kier molecular flexibility index (Phi) is 4.33. The summed E-state index contributed by atoms with van der Waals surface area (Å²) in [5, 5.41) is -0.148. The van der Waals surface area contributed by atoms with E-state index in [0.29, 0.717) is 0 Å². The van der Waals surface area contributed by atoms with Gasteiger partial charge in [-0.2, -0.15) is 0 Å². The van der Waals surface area contributed by atoms with Gasteiger partial charge in [0.2, 0.25) is 5.78 Å². The van der Waals surface area contributed by atoms with Crippen molar-refractivity contribution in [1.29, 1.82) is 0 Å². The van der Waals surface area contributed by atoms with Crippen LogP contribution in [0.1, 0.15) is 21.0 Å². The van der Waals surface area contributed by atoms with E-state index >= 15 is 0 Å². The van der Waals surface area contributed by atoms with Crippen LogP contribution in [0.4, 0.5) is 0 Å². The smallest absolute Gasteiger partial charge is 0.358 e. The number of carbonyl (C=O) groups excluding carboxylic acids is 2. The van der Waals surface area contributed by atoms with Crippen molar-refractivity contribution < 1.29 is 19.1 Å². The Hall–Kier alpha value is -1.53. The van der Waals surface area contributed by atoms with Gasteiger partial charge in [0.1, 0.15) is 12.3 Å². The molecular weight excluding hydrogens is 236 g/mol. The van der Waals surface area contributed by atoms with Gasteiger partial charge in [-0.3, -0.25) is 4.79 Å². The van der Waals surface area contributed by atoms with Crippen LogP contribution in [-0.2, 0) is 9.47 Å². The molecule has 0 aliphatic rings. The number of carbonyl (C=O) groups is 2. The minimum Gasteiger partial charge on any atom is -0.464 e. The standard InChI is InChI=1S/C9H9ClN2O4/c1-15-4-6(13)7-8(10)12-5(3-11-7)9(14)16-2/h3H,4H2,1-2H3. The summed E-state index contributed by atoms with van der Waals surface area (Å²) < 4.78 is 9.07. The molecule has 0 bridgehead atoms. The molecule has 0 spiro atoms. The van der Waals surface area contributed by atoms with E-state index in [2.05, 4.69) is 19.4 Å². The fraction of sp³-hybridized carbons (Fsp3) is 0.333. The molecule has 86 valence electrons. The molecule has 0 saturated heterocycles. The molecule has 7 heteroatoms. The zero-order chi connectivity index (χ0) is 12.1.